The normalized spacial score (nSPS) is 17.2. The summed E-state index contributed by atoms with van der Waals surface area (Å²) in [5, 5.41) is 0. The largest absolute Gasteiger partial charge is 0.494 e. The lowest BCUT2D eigenvalue weighted by atomic mass is 10.2. The molecular weight excluding hydrogens is 417 g/mol. The molecule has 3 aromatic rings. The lowest BCUT2D eigenvalue weighted by Gasteiger charge is -2.25. The molecule has 0 amide bonds. The molecule has 1 saturated heterocycles. The maximum Gasteiger partial charge on any atom is 0.243 e. The van der Waals surface area contributed by atoms with E-state index in [1.54, 1.807) is 46.9 Å². The lowest BCUT2D eigenvalue weighted by molar-refractivity contribution is 0.340. The fourth-order valence-corrected chi connectivity index (χ4v) is 5.67. The van der Waals surface area contributed by atoms with Crippen molar-refractivity contribution in [3.63, 3.8) is 0 Å². The Kier molecular flexibility index (Phi) is 6.11. The minimum Gasteiger partial charge on any atom is -0.494 e. The van der Waals surface area contributed by atoms with Gasteiger partial charge in [-0.2, -0.15) is 4.31 Å². The van der Waals surface area contributed by atoms with E-state index in [1.807, 2.05) is 18.4 Å². The highest BCUT2D eigenvalue weighted by atomic mass is 32.2. The summed E-state index contributed by atoms with van der Waals surface area (Å²) in [6.07, 6.45) is 3.23. The molecule has 0 aliphatic carbocycles. The van der Waals surface area contributed by atoms with Gasteiger partial charge in [0.2, 0.25) is 10.0 Å². The van der Waals surface area contributed by atoms with E-state index in [2.05, 4.69) is 4.98 Å². The Balaban J connectivity index is 1.63. The molecule has 2 heterocycles. The molecule has 1 fully saturated rings. The molecule has 0 N–H and O–H groups in total. The molecule has 1 aliphatic rings. The van der Waals surface area contributed by atoms with E-state index in [1.165, 1.54) is 12.1 Å². The Morgan fingerprint density at radius 1 is 1.13 bits per heavy atom. The number of nitrogens with zero attached hydrogens (tertiary/aromatic N) is 3. The van der Waals surface area contributed by atoms with Crippen molar-refractivity contribution in [3.8, 4) is 5.75 Å². The highest BCUT2D eigenvalue weighted by molar-refractivity contribution is 7.89. The minimum atomic E-state index is -3.68. The van der Waals surface area contributed by atoms with Gasteiger partial charge in [0.05, 0.1) is 17.5 Å². The SMILES string of the molecule is CCOc1ccc(S(=O)(=O)N2CCCC2c2ncc(C)n2Cc2ccc(F)cc2)cc1. The molecule has 0 saturated carbocycles. The van der Waals surface area contributed by atoms with E-state index in [-0.39, 0.29) is 16.8 Å². The predicted octanol–water partition coefficient (Wildman–Crippen LogP) is 4.30. The maximum atomic E-state index is 13.4. The number of hydrogen-bond donors (Lipinski definition) is 0. The number of aryl methyl sites for hydroxylation is 1. The first-order valence-electron chi connectivity index (χ1n) is 10.4. The van der Waals surface area contributed by atoms with Gasteiger partial charge in [-0.3, -0.25) is 0 Å². The second-order valence-electron chi connectivity index (χ2n) is 7.65. The number of imidazole rings is 1. The van der Waals surface area contributed by atoms with Crippen LogP contribution in [0.1, 0.15) is 42.9 Å². The van der Waals surface area contributed by atoms with Gasteiger partial charge in [0, 0.05) is 25.0 Å². The second-order valence-corrected chi connectivity index (χ2v) is 9.54. The summed E-state index contributed by atoms with van der Waals surface area (Å²) in [6.45, 7) is 5.31. The number of halogens is 1. The van der Waals surface area contributed by atoms with Crippen LogP contribution in [0.25, 0.3) is 0 Å². The topological polar surface area (TPSA) is 64.4 Å². The minimum absolute atomic E-state index is 0.246. The van der Waals surface area contributed by atoms with Crippen LogP contribution in [0.2, 0.25) is 0 Å². The van der Waals surface area contributed by atoms with Crippen molar-refractivity contribution in [1.29, 1.82) is 0 Å². The molecule has 1 aromatic heterocycles. The Hall–Kier alpha value is -2.71. The van der Waals surface area contributed by atoms with Crippen LogP contribution >= 0.6 is 0 Å². The highest BCUT2D eigenvalue weighted by Gasteiger charge is 2.38. The smallest absolute Gasteiger partial charge is 0.243 e. The summed E-state index contributed by atoms with van der Waals surface area (Å²) in [5.41, 5.74) is 1.87. The van der Waals surface area contributed by atoms with Crippen LogP contribution in [0.3, 0.4) is 0 Å². The molecular formula is C23H26FN3O3S. The average molecular weight is 444 g/mol. The average Bonchev–Trinajstić information content (AvgIpc) is 3.38. The Morgan fingerprint density at radius 3 is 2.52 bits per heavy atom. The Morgan fingerprint density at radius 2 is 1.84 bits per heavy atom. The van der Waals surface area contributed by atoms with E-state index >= 15 is 0 Å². The first-order valence-corrected chi connectivity index (χ1v) is 11.9. The molecule has 1 unspecified atom stereocenters. The van der Waals surface area contributed by atoms with E-state index in [4.69, 9.17) is 4.74 Å². The van der Waals surface area contributed by atoms with Crippen LogP contribution in [0.15, 0.2) is 59.6 Å². The van der Waals surface area contributed by atoms with Crippen molar-refractivity contribution in [2.75, 3.05) is 13.2 Å². The van der Waals surface area contributed by atoms with Gasteiger partial charge in [-0.15, -0.1) is 0 Å². The summed E-state index contributed by atoms with van der Waals surface area (Å²) in [4.78, 5) is 4.82. The molecule has 31 heavy (non-hydrogen) atoms. The van der Waals surface area contributed by atoms with Crippen molar-refractivity contribution in [3.05, 3.63) is 77.6 Å². The Labute approximate surface area is 182 Å². The maximum absolute atomic E-state index is 13.4. The summed E-state index contributed by atoms with van der Waals surface area (Å²) in [5.74, 6) is 1.08. The standard InChI is InChI=1S/C23H26FN3O3S/c1-3-30-20-10-12-21(13-11-20)31(28,29)27-14-4-5-22(27)23-25-15-17(2)26(23)16-18-6-8-19(24)9-7-18/h6-13,15,22H,3-5,14,16H2,1-2H3. The van der Waals surface area contributed by atoms with Gasteiger partial charge in [0.1, 0.15) is 17.4 Å². The van der Waals surface area contributed by atoms with Gasteiger partial charge >= 0.3 is 0 Å². The lowest BCUT2D eigenvalue weighted by Crippen LogP contribution is -2.32. The van der Waals surface area contributed by atoms with Crippen molar-refractivity contribution >= 4 is 10.0 Å². The molecule has 0 radical (unpaired) electrons. The quantitative estimate of drug-likeness (QED) is 0.546. The van der Waals surface area contributed by atoms with Gasteiger partial charge in [-0.05, 0) is 68.7 Å². The fraction of sp³-hybridized carbons (Fsp3) is 0.348. The monoisotopic (exact) mass is 443 g/mol. The van der Waals surface area contributed by atoms with E-state index < -0.39 is 10.0 Å². The molecule has 2 aromatic carbocycles. The molecule has 0 spiro atoms. The van der Waals surface area contributed by atoms with Crippen LogP contribution in [0, 0.1) is 12.7 Å². The third kappa shape index (κ3) is 4.36. The van der Waals surface area contributed by atoms with Gasteiger partial charge in [-0.25, -0.2) is 17.8 Å². The summed E-state index contributed by atoms with van der Waals surface area (Å²) < 4.78 is 49.1. The van der Waals surface area contributed by atoms with Gasteiger partial charge < -0.3 is 9.30 Å². The first kappa shape index (κ1) is 21.5. The van der Waals surface area contributed by atoms with Gasteiger partial charge in [0.25, 0.3) is 0 Å². The molecule has 0 bridgehead atoms. The Bertz CT molecular complexity index is 1140. The van der Waals surface area contributed by atoms with Crippen LogP contribution < -0.4 is 4.74 Å². The third-order valence-corrected chi connectivity index (χ3v) is 7.51. The van der Waals surface area contributed by atoms with Gasteiger partial charge in [-0.1, -0.05) is 12.1 Å². The molecule has 1 atom stereocenters. The van der Waals surface area contributed by atoms with Gasteiger partial charge in [0.15, 0.2) is 0 Å². The summed E-state index contributed by atoms with van der Waals surface area (Å²) in [6, 6.07) is 12.5. The fourth-order valence-electron chi connectivity index (χ4n) is 4.02. The van der Waals surface area contributed by atoms with Crippen LogP contribution in [-0.4, -0.2) is 35.4 Å². The second kappa shape index (κ2) is 8.80. The van der Waals surface area contributed by atoms with Crippen molar-refractivity contribution < 1.29 is 17.5 Å². The van der Waals surface area contributed by atoms with Crippen LogP contribution in [0.5, 0.6) is 5.75 Å². The number of hydrogen-bond acceptors (Lipinski definition) is 4. The number of rotatable bonds is 7. The van der Waals surface area contributed by atoms with E-state index in [0.717, 1.165) is 17.7 Å². The molecule has 6 nitrogen and oxygen atoms in total. The van der Waals surface area contributed by atoms with Crippen molar-refractivity contribution in [2.45, 2.75) is 44.2 Å². The molecule has 164 valence electrons. The summed E-state index contributed by atoms with van der Waals surface area (Å²) >= 11 is 0. The predicted molar refractivity (Wildman–Crippen MR) is 116 cm³/mol. The number of ether oxygens (including phenoxy) is 1. The van der Waals surface area contributed by atoms with Crippen LogP contribution in [0.4, 0.5) is 4.39 Å². The molecule has 8 heteroatoms. The zero-order valence-electron chi connectivity index (χ0n) is 17.7. The number of sulfonamides is 1. The van der Waals surface area contributed by atoms with Crippen molar-refractivity contribution in [2.24, 2.45) is 0 Å². The van der Waals surface area contributed by atoms with E-state index in [9.17, 15) is 12.8 Å². The molecule has 1 aliphatic heterocycles. The van der Waals surface area contributed by atoms with Crippen LogP contribution in [-0.2, 0) is 16.6 Å². The number of benzene rings is 2. The highest BCUT2D eigenvalue weighted by Crippen LogP contribution is 2.36. The van der Waals surface area contributed by atoms with E-state index in [0.29, 0.717) is 37.7 Å². The zero-order chi connectivity index (χ0) is 22.0. The molecule has 4 rings (SSSR count). The first-order chi connectivity index (χ1) is 14.9. The number of aromatic nitrogens is 2. The zero-order valence-corrected chi connectivity index (χ0v) is 18.5. The van der Waals surface area contributed by atoms with Crippen molar-refractivity contribution in [1.82, 2.24) is 13.9 Å². The third-order valence-electron chi connectivity index (χ3n) is 5.58. The summed E-state index contributed by atoms with van der Waals surface area (Å²) in [7, 11) is -3.68.